The molecule has 0 N–H and O–H groups in total. The van der Waals surface area contributed by atoms with E-state index in [1.807, 2.05) is 13.8 Å². The van der Waals surface area contributed by atoms with Crippen LogP contribution in [0.4, 0.5) is 0 Å². The molecule has 0 aliphatic carbocycles. The van der Waals surface area contributed by atoms with E-state index < -0.39 is 15.9 Å². The molecule has 1 aliphatic heterocycles. The summed E-state index contributed by atoms with van der Waals surface area (Å²) >= 11 is 0. The molecule has 2 aromatic carbocycles. The van der Waals surface area contributed by atoms with Gasteiger partial charge < -0.3 is 4.74 Å². The van der Waals surface area contributed by atoms with Crippen LogP contribution in [0.2, 0.25) is 0 Å². The maximum Gasteiger partial charge on any atom is 0.269 e. The van der Waals surface area contributed by atoms with Crippen molar-refractivity contribution in [2.75, 3.05) is 0 Å². The number of fused-ring (bicyclic) bond motifs is 1. The molecule has 0 bridgehead atoms. The second-order valence-corrected chi connectivity index (χ2v) is 7.46. The predicted molar refractivity (Wildman–Crippen MR) is 85.7 cm³/mol. The van der Waals surface area contributed by atoms with E-state index in [1.165, 1.54) is 12.1 Å². The number of rotatable bonds is 4. The van der Waals surface area contributed by atoms with Crippen LogP contribution >= 0.6 is 0 Å². The summed E-state index contributed by atoms with van der Waals surface area (Å²) in [6.45, 7) is 3.82. The highest BCUT2D eigenvalue weighted by molar-refractivity contribution is 7.90. The number of sulfonamides is 1. The first-order chi connectivity index (χ1) is 10.9. The Labute approximate surface area is 135 Å². The Morgan fingerprint density at radius 1 is 1.09 bits per heavy atom. The molecule has 23 heavy (non-hydrogen) atoms. The molecule has 1 amide bonds. The lowest BCUT2D eigenvalue weighted by Gasteiger charge is -2.16. The number of hydrogen-bond donors (Lipinski definition) is 0. The minimum Gasteiger partial charge on any atom is -0.491 e. The van der Waals surface area contributed by atoms with Crippen molar-refractivity contribution in [2.24, 2.45) is 0 Å². The lowest BCUT2D eigenvalue weighted by Crippen LogP contribution is -2.29. The summed E-state index contributed by atoms with van der Waals surface area (Å²) < 4.78 is 31.6. The van der Waals surface area contributed by atoms with E-state index in [-0.39, 0.29) is 23.1 Å². The van der Waals surface area contributed by atoms with Crippen LogP contribution in [0.25, 0.3) is 0 Å². The molecule has 0 saturated carbocycles. The van der Waals surface area contributed by atoms with Crippen LogP contribution in [0, 0.1) is 0 Å². The average Bonchev–Trinajstić information content (AvgIpc) is 2.69. The van der Waals surface area contributed by atoms with Gasteiger partial charge in [-0.3, -0.25) is 4.79 Å². The lowest BCUT2D eigenvalue weighted by atomic mass is 10.2. The van der Waals surface area contributed by atoms with Crippen molar-refractivity contribution < 1.29 is 17.9 Å². The number of ether oxygens (including phenoxy) is 1. The van der Waals surface area contributed by atoms with E-state index in [9.17, 15) is 13.2 Å². The quantitative estimate of drug-likeness (QED) is 0.864. The molecule has 3 rings (SSSR count). The molecular weight excluding hydrogens is 314 g/mol. The van der Waals surface area contributed by atoms with Crippen LogP contribution in [0.15, 0.2) is 53.4 Å². The van der Waals surface area contributed by atoms with Gasteiger partial charge in [0.15, 0.2) is 0 Å². The Hall–Kier alpha value is -2.34. The van der Waals surface area contributed by atoms with E-state index in [0.29, 0.717) is 11.3 Å². The van der Waals surface area contributed by atoms with Gasteiger partial charge in [-0.2, -0.15) is 0 Å². The van der Waals surface area contributed by atoms with Gasteiger partial charge in [0, 0.05) is 0 Å². The second kappa shape index (κ2) is 5.70. The van der Waals surface area contributed by atoms with Gasteiger partial charge in [0.1, 0.15) is 10.6 Å². The number of carbonyl (C=O) groups is 1. The Morgan fingerprint density at radius 2 is 1.83 bits per heavy atom. The van der Waals surface area contributed by atoms with E-state index in [1.54, 1.807) is 36.4 Å². The van der Waals surface area contributed by atoms with Gasteiger partial charge in [0.25, 0.3) is 15.9 Å². The Bertz CT molecular complexity index is 858. The summed E-state index contributed by atoms with van der Waals surface area (Å²) in [5, 5.41) is 0. The topological polar surface area (TPSA) is 63.7 Å². The number of amides is 1. The summed E-state index contributed by atoms with van der Waals surface area (Å²) in [4.78, 5) is 12.5. The minimum atomic E-state index is -3.79. The van der Waals surface area contributed by atoms with Crippen molar-refractivity contribution in [3.05, 3.63) is 59.7 Å². The van der Waals surface area contributed by atoms with Gasteiger partial charge in [-0.05, 0) is 43.7 Å². The van der Waals surface area contributed by atoms with Crippen molar-refractivity contribution in [1.82, 2.24) is 4.31 Å². The minimum absolute atomic E-state index is 0.00879. The number of hydrogen-bond acceptors (Lipinski definition) is 4. The highest BCUT2D eigenvalue weighted by Crippen LogP contribution is 2.31. The monoisotopic (exact) mass is 331 g/mol. The zero-order valence-electron chi connectivity index (χ0n) is 12.9. The lowest BCUT2D eigenvalue weighted by molar-refractivity contribution is 0.0864. The van der Waals surface area contributed by atoms with Gasteiger partial charge in [0.05, 0.1) is 18.2 Å². The molecule has 2 aromatic rings. The van der Waals surface area contributed by atoms with E-state index in [0.717, 1.165) is 4.31 Å². The van der Waals surface area contributed by atoms with E-state index in [4.69, 9.17) is 4.74 Å². The van der Waals surface area contributed by atoms with Gasteiger partial charge >= 0.3 is 0 Å². The maximum absolute atomic E-state index is 12.5. The smallest absolute Gasteiger partial charge is 0.269 e. The van der Waals surface area contributed by atoms with Crippen molar-refractivity contribution in [3.63, 3.8) is 0 Å². The van der Waals surface area contributed by atoms with Crippen LogP contribution in [0.5, 0.6) is 5.75 Å². The normalized spacial score (nSPS) is 15.8. The molecule has 6 heteroatoms. The van der Waals surface area contributed by atoms with Crippen LogP contribution < -0.4 is 4.74 Å². The highest BCUT2D eigenvalue weighted by Gasteiger charge is 2.40. The average molecular weight is 331 g/mol. The number of carbonyl (C=O) groups excluding carboxylic acids is 1. The van der Waals surface area contributed by atoms with Gasteiger partial charge in [-0.1, -0.05) is 24.3 Å². The van der Waals surface area contributed by atoms with E-state index >= 15 is 0 Å². The van der Waals surface area contributed by atoms with Gasteiger partial charge in [-0.25, -0.2) is 12.7 Å². The molecule has 0 aromatic heterocycles. The number of benzene rings is 2. The number of nitrogens with zero attached hydrogens (tertiary/aromatic N) is 1. The van der Waals surface area contributed by atoms with Crippen LogP contribution in [-0.4, -0.2) is 24.7 Å². The SMILES string of the molecule is CC(C)Oc1cccc(CN2C(=O)c3ccccc3S2(=O)=O)c1. The maximum atomic E-state index is 12.5. The first-order valence-electron chi connectivity index (χ1n) is 7.31. The molecule has 1 aliphatic rings. The molecule has 0 spiro atoms. The molecule has 120 valence electrons. The van der Waals surface area contributed by atoms with Gasteiger partial charge in [0.2, 0.25) is 0 Å². The summed E-state index contributed by atoms with van der Waals surface area (Å²) in [6.07, 6.45) is 0.0201. The van der Waals surface area contributed by atoms with Crippen molar-refractivity contribution in [2.45, 2.75) is 31.4 Å². The second-order valence-electron chi connectivity index (χ2n) is 5.63. The highest BCUT2D eigenvalue weighted by atomic mass is 32.2. The summed E-state index contributed by atoms with van der Waals surface area (Å²) in [5.41, 5.74) is 0.926. The van der Waals surface area contributed by atoms with E-state index in [2.05, 4.69) is 0 Å². The first kappa shape index (κ1) is 15.6. The fourth-order valence-electron chi connectivity index (χ4n) is 2.54. The Morgan fingerprint density at radius 3 is 2.52 bits per heavy atom. The molecule has 5 nitrogen and oxygen atoms in total. The molecule has 0 atom stereocenters. The van der Waals surface area contributed by atoms with Crippen molar-refractivity contribution in [3.8, 4) is 5.75 Å². The molecule has 0 unspecified atom stereocenters. The first-order valence-corrected chi connectivity index (χ1v) is 8.75. The molecular formula is C17H17NO4S. The summed E-state index contributed by atoms with van der Waals surface area (Å²) in [5.74, 6) is 0.162. The third-order valence-electron chi connectivity index (χ3n) is 3.51. The molecule has 1 heterocycles. The van der Waals surface area contributed by atoms with Crippen LogP contribution in [0.3, 0.4) is 0 Å². The fraction of sp³-hybridized carbons (Fsp3) is 0.235. The van der Waals surface area contributed by atoms with Gasteiger partial charge in [-0.15, -0.1) is 0 Å². The summed E-state index contributed by atoms with van der Waals surface area (Å²) in [6, 6.07) is 13.4. The third kappa shape index (κ3) is 2.82. The van der Waals surface area contributed by atoms with Crippen molar-refractivity contribution >= 4 is 15.9 Å². The van der Waals surface area contributed by atoms with Crippen LogP contribution in [0.1, 0.15) is 29.8 Å². The zero-order chi connectivity index (χ0) is 16.6. The standard InChI is InChI=1S/C17H17NO4S/c1-12(2)22-14-7-5-6-13(10-14)11-18-17(19)15-8-3-4-9-16(15)23(18,20)21/h3-10,12H,11H2,1-2H3. The fourth-order valence-corrected chi connectivity index (χ4v) is 4.10. The molecule has 0 saturated heterocycles. The Balaban J connectivity index is 1.91. The molecule has 0 fully saturated rings. The molecule has 0 radical (unpaired) electrons. The van der Waals surface area contributed by atoms with Crippen LogP contribution in [-0.2, 0) is 16.6 Å². The summed E-state index contributed by atoms with van der Waals surface area (Å²) in [7, 11) is -3.79. The Kier molecular flexibility index (Phi) is 3.85. The largest absolute Gasteiger partial charge is 0.491 e. The zero-order valence-corrected chi connectivity index (χ0v) is 13.7. The third-order valence-corrected chi connectivity index (χ3v) is 5.30. The predicted octanol–water partition coefficient (Wildman–Crippen LogP) is 2.82. The van der Waals surface area contributed by atoms with Crippen molar-refractivity contribution in [1.29, 1.82) is 0 Å².